The van der Waals surface area contributed by atoms with Crippen molar-refractivity contribution in [1.29, 1.82) is 0 Å². The van der Waals surface area contributed by atoms with E-state index in [2.05, 4.69) is 15.3 Å². The maximum atomic E-state index is 10.5. The number of hydrogen-bond donors (Lipinski definition) is 2. The van der Waals surface area contributed by atoms with Crippen LogP contribution in [0.5, 0.6) is 0 Å². The molecular weight excluding hydrogens is 338 g/mol. The molecule has 6 heteroatoms. The summed E-state index contributed by atoms with van der Waals surface area (Å²) in [7, 11) is 0. The summed E-state index contributed by atoms with van der Waals surface area (Å²) in [6.07, 6.45) is 11.1. The fourth-order valence-electron chi connectivity index (χ4n) is 6.08. The zero-order valence-corrected chi connectivity index (χ0v) is 15.1. The molecule has 2 N–H and O–H groups in total. The highest BCUT2D eigenvalue weighted by Crippen LogP contribution is 2.56. The lowest BCUT2D eigenvalue weighted by molar-refractivity contribution is -0.0961. The lowest BCUT2D eigenvalue weighted by Gasteiger charge is -2.59. The van der Waals surface area contributed by atoms with Crippen molar-refractivity contribution >= 4 is 11.5 Å². The number of nitrogens with zero attached hydrogens (tertiary/aromatic N) is 4. The highest BCUT2D eigenvalue weighted by atomic mass is 16.3. The molecule has 3 aromatic rings. The molecule has 138 valence electrons. The van der Waals surface area contributed by atoms with E-state index in [4.69, 9.17) is 5.10 Å². The molecule has 7 rings (SSSR count). The van der Waals surface area contributed by atoms with Crippen LogP contribution in [0.1, 0.15) is 32.1 Å². The van der Waals surface area contributed by atoms with E-state index >= 15 is 0 Å². The Hall–Kier alpha value is -2.47. The first kappa shape index (κ1) is 15.6. The first-order valence-corrected chi connectivity index (χ1v) is 9.91. The monoisotopic (exact) mass is 361 g/mol. The predicted molar refractivity (Wildman–Crippen MR) is 102 cm³/mol. The van der Waals surface area contributed by atoms with Gasteiger partial charge in [0.15, 0.2) is 5.65 Å². The van der Waals surface area contributed by atoms with E-state index in [1.54, 1.807) is 12.4 Å². The van der Waals surface area contributed by atoms with Crippen molar-refractivity contribution in [1.82, 2.24) is 19.6 Å². The van der Waals surface area contributed by atoms with Gasteiger partial charge in [-0.15, -0.1) is 5.10 Å². The van der Waals surface area contributed by atoms with Crippen LogP contribution in [0.25, 0.3) is 16.9 Å². The van der Waals surface area contributed by atoms with E-state index in [0.717, 1.165) is 41.5 Å². The lowest BCUT2D eigenvalue weighted by atomic mass is 9.52. The van der Waals surface area contributed by atoms with Crippen LogP contribution in [0.4, 0.5) is 5.82 Å². The van der Waals surface area contributed by atoms with Gasteiger partial charge in [-0.2, -0.15) is 0 Å². The Bertz CT molecular complexity index is 984. The second kappa shape index (κ2) is 5.52. The van der Waals surface area contributed by atoms with E-state index < -0.39 is 0 Å². The number of hydrogen-bond acceptors (Lipinski definition) is 5. The van der Waals surface area contributed by atoms with Crippen molar-refractivity contribution in [3.8, 4) is 11.3 Å². The number of anilines is 1. The standard InChI is InChI=1S/C21H23N5O/c27-20-15-7-13-8-16(20)11-21(9-13,10-15)24-18-1-2-19-23-12-17(26(19)25-18)14-3-5-22-6-4-14/h1-6,12-13,15-16,20,27H,7-11H2,(H,24,25)/t13?,15-,16+,20-,21-. The average molecular weight is 361 g/mol. The molecule has 0 aliphatic heterocycles. The van der Waals surface area contributed by atoms with Crippen LogP contribution in [-0.4, -0.2) is 36.3 Å². The molecule has 1 unspecified atom stereocenters. The molecule has 3 aromatic heterocycles. The van der Waals surface area contributed by atoms with E-state index in [1.807, 2.05) is 35.0 Å². The molecule has 0 amide bonds. The van der Waals surface area contributed by atoms with Crippen molar-refractivity contribution in [2.45, 2.75) is 43.7 Å². The molecule has 0 spiro atoms. The third-order valence-electron chi connectivity index (χ3n) is 6.96. The number of aliphatic hydroxyl groups excluding tert-OH is 1. The largest absolute Gasteiger partial charge is 0.393 e. The number of aromatic nitrogens is 4. The van der Waals surface area contributed by atoms with Crippen LogP contribution in [0.15, 0.2) is 42.9 Å². The summed E-state index contributed by atoms with van der Waals surface area (Å²) in [4.78, 5) is 8.59. The van der Waals surface area contributed by atoms with Crippen LogP contribution >= 0.6 is 0 Å². The Morgan fingerprint density at radius 2 is 1.81 bits per heavy atom. The molecule has 4 saturated carbocycles. The van der Waals surface area contributed by atoms with Crippen LogP contribution < -0.4 is 5.32 Å². The van der Waals surface area contributed by atoms with Gasteiger partial charge in [-0.05, 0) is 74.1 Å². The van der Waals surface area contributed by atoms with Gasteiger partial charge in [0, 0.05) is 23.5 Å². The van der Waals surface area contributed by atoms with Gasteiger partial charge in [-0.25, -0.2) is 9.50 Å². The summed E-state index contributed by atoms with van der Waals surface area (Å²) in [5, 5.41) is 19.2. The maximum absolute atomic E-state index is 10.5. The molecular formula is C21H23N5O. The summed E-state index contributed by atoms with van der Waals surface area (Å²) < 4.78 is 1.91. The second-order valence-electron chi connectivity index (χ2n) is 8.73. The molecule has 3 heterocycles. The first-order chi connectivity index (χ1) is 13.2. The first-order valence-electron chi connectivity index (χ1n) is 9.91. The number of pyridine rings is 1. The lowest BCUT2D eigenvalue weighted by Crippen LogP contribution is -2.60. The van der Waals surface area contributed by atoms with E-state index in [1.165, 1.54) is 19.3 Å². The Morgan fingerprint density at radius 3 is 2.59 bits per heavy atom. The fraction of sp³-hybridized carbons (Fsp3) is 0.476. The van der Waals surface area contributed by atoms with Crippen LogP contribution in [0.3, 0.4) is 0 Å². The minimum absolute atomic E-state index is 0.0911. The van der Waals surface area contributed by atoms with E-state index in [0.29, 0.717) is 11.8 Å². The third kappa shape index (κ3) is 2.39. The predicted octanol–water partition coefficient (Wildman–Crippen LogP) is 3.14. The maximum Gasteiger partial charge on any atom is 0.154 e. The summed E-state index contributed by atoms with van der Waals surface area (Å²) >= 11 is 0. The van der Waals surface area contributed by atoms with Gasteiger partial charge >= 0.3 is 0 Å². The van der Waals surface area contributed by atoms with Gasteiger partial charge in [0.25, 0.3) is 0 Å². The summed E-state index contributed by atoms with van der Waals surface area (Å²) in [5.74, 6) is 2.55. The quantitative estimate of drug-likeness (QED) is 0.750. The van der Waals surface area contributed by atoms with Crippen LogP contribution in [0.2, 0.25) is 0 Å². The molecule has 4 aliphatic rings. The minimum atomic E-state index is -0.0983. The summed E-state index contributed by atoms with van der Waals surface area (Å²) in [6.45, 7) is 0. The third-order valence-corrected chi connectivity index (χ3v) is 6.96. The molecule has 4 bridgehead atoms. The smallest absolute Gasteiger partial charge is 0.154 e. The van der Waals surface area contributed by atoms with Gasteiger partial charge in [0.1, 0.15) is 5.82 Å². The van der Waals surface area contributed by atoms with Gasteiger partial charge in [-0.3, -0.25) is 4.98 Å². The minimum Gasteiger partial charge on any atom is -0.393 e. The number of nitrogens with one attached hydrogen (secondary N) is 1. The normalized spacial score (nSPS) is 34.3. The summed E-state index contributed by atoms with van der Waals surface area (Å²) in [5.41, 5.74) is 2.96. The number of fused-ring (bicyclic) bond motifs is 1. The molecule has 0 radical (unpaired) electrons. The molecule has 4 aliphatic carbocycles. The van der Waals surface area contributed by atoms with Crippen LogP contribution in [-0.2, 0) is 0 Å². The zero-order valence-electron chi connectivity index (χ0n) is 15.1. The van der Waals surface area contributed by atoms with Crippen molar-refractivity contribution in [2.24, 2.45) is 17.8 Å². The Morgan fingerprint density at radius 1 is 1.04 bits per heavy atom. The Kier molecular flexibility index (Phi) is 3.18. The average Bonchev–Trinajstić information content (AvgIpc) is 3.09. The van der Waals surface area contributed by atoms with E-state index in [-0.39, 0.29) is 11.6 Å². The van der Waals surface area contributed by atoms with Gasteiger partial charge in [0.05, 0.1) is 18.0 Å². The Labute approximate surface area is 157 Å². The molecule has 5 atom stereocenters. The van der Waals surface area contributed by atoms with Gasteiger partial charge in [0.2, 0.25) is 0 Å². The molecule has 0 saturated heterocycles. The molecule has 6 nitrogen and oxygen atoms in total. The van der Waals surface area contributed by atoms with Gasteiger partial charge in [-0.1, -0.05) is 0 Å². The highest BCUT2D eigenvalue weighted by molar-refractivity contribution is 5.63. The zero-order chi connectivity index (χ0) is 18.0. The second-order valence-corrected chi connectivity index (χ2v) is 8.73. The van der Waals surface area contributed by atoms with Gasteiger partial charge < -0.3 is 10.4 Å². The highest BCUT2D eigenvalue weighted by Gasteiger charge is 2.55. The van der Waals surface area contributed by atoms with Crippen LogP contribution in [0, 0.1) is 17.8 Å². The molecule has 0 aromatic carbocycles. The number of imidazole rings is 1. The van der Waals surface area contributed by atoms with Crippen molar-refractivity contribution in [3.05, 3.63) is 42.9 Å². The molecule has 4 fully saturated rings. The van der Waals surface area contributed by atoms with Crippen molar-refractivity contribution in [2.75, 3.05) is 5.32 Å². The fourth-order valence-corrected chi connectivity index (χ4v) is 6.08. The molecule has 27 heavy (non-hydrogen) atoms. The summed E-state index contributed by atoms with van der Waals surface area (Å²) in [6, 6.07) is 8.01. The van der Waals surface area contributed by atoms with Crippen molar-refractivity contribution in [3.63, 3.8) is 0 Å². The van der Waals surface area contributed by atoms with Crippen molar-refractivity contribution < 1.29 is 5.11 Å². The SMILES string of the molecule is O[C@@H]1[C@@H]2CC3C[C@H]1C[C@@](Nc1ccc4ncc(-c5ccncc5)n4n1)(C3)C2. The number of rotatable bonds is 3. The topological polar surface area (TPSA) is 75.3 Å². The van der Waals surface area contributed by atoms with E-state index in [9.17, 15) is 5.11 Å². The Balaban J connectivity index is 1.36. The number of aliphatic hydroxyl groups is 1.